The van der Waals surface area contributed by atoms with E-state index in [1.54, 1.807) is 6.07 Å². The van der Waals surface area contributed by atoms with Gasteiger partial charge in [0.2, 0.25) is 0 Å². The molecule has 1 N–H and O–H groups in total. The molecule has 0 amide bonds. The Morgan fingerprint density at radius 1 is 1.56 bits per heavy atom. The van der Waals surface area contributed by atoms with Crippen molar-refractivity contribution in [2.45, 2.75) is 6.92 Å². The number of halogens is 1. The molecule has 0 saturated heterocycles. The van der Waals surface area contributed by atoms with Crippen LogP contribution in [-0.4, -0.2) is 37.1 Å². The van der Waals surface area contributed by atoms with Crippen LogP contribution in [0.5, 0.6) is 0 Å². The molecule has 1 heterocycles. The van der Waals surface area contributed by atoms with Crippen LogP contribution in [0.15, 0.2) is 6.07 Å². The third-order valence-corrected chi connectivity index (χ3v) is 2.34. The van der Waals surface area contributed by atoms with Crippen molar-refractivity contribution in [3.05, 3.63) is 22.3 Å². The summed E-state index contributed by atoms with van der Waals surface area (Å²) in [6.07, 6.45) is 0. The average molecular weight is 239 g/mol. The zero-order valence-corrected chi connectivity index (χ0v) is 10.5. The van der Waals surface area contributed by atoms with Crippen LogP contribution in [0, 0.1) is 18.3 Å². The molecular weight excluding hydrogens is 224 g/mol. The van der Waals surface area contributed by atoms with E-state index in [2.05, 4.69) is 21.3 Å². The van der Waals surface area contributed by atoms with Crippen molar-refractivity contribution >= 4 is 17.4 Å². The summed E-state index contributed by atoms with van der Waals surface area (Å²) in [7, 11) is 3.98. The Bertz CT molecular complexity index is 409. The van der Waals surface area contributed by atoms with Gasteiger partial charge in [0.15, 0.2) is 0 Å². The standard InChI is InChI=1S/C11H15ClN4/c1-8-6-10(12)15-11(9(8)7-13)14-4-5-16(2)3/h6H,4-5H2,1-3H3,(H,14,15). The number of nitrogens with one attached hydrogen (secondary N) is 1. The summed E-state index contributed by atoms with van der Waals surface area (Å²) in [5.41, 5.74) is 1.40. The van der Waals surface area contributed by atoms with Crippen LogP contribution in [-0.2, 0) is 0 Å². The van der Waals surface area contributed by atoms with Crippen molar-refractivity contribution in [3.8, 4) is 6.07 Å². The minimum atomic E-state index is 0.406. The molecule has 0 aliphatic carbocycles. The van der Waals surface area contributed by atoms with Crippen LogP contribution >= 0.6 is 11.6 Å². The lowest BCUT2D eigenvalue weighted by Gasteiger charge is -2.12. The fourth-order valence-corrected chi connectivity index (χ4v) is 1.55. The van der Waals surface area contributed by atoms with E-state index >= 15 is 0 Å². The van der Waals surface area contributed by atoms with Crippen LogP contribution in [0.2, 0.25) is 5.15 Å². The molecule has 16 heavy (non-hydrogen) atoms. The number of likely N-dealkylation sites (N-methyl/N-ethyl adjacent to an activating group) is 1. The topological polar surface area (TPSA) is 52.0 Å². The van der Waals surface area contributed by atoms with Gasteiger partial charge in [0.25, 0.3) is 0 Å². The summed E-state index contributed by atoms with van der Waals surface area (Å²) in [4.78, 5) is 6.17. The van der Waals surface area contributed by atoms with Gasteiger partial charge in [-0.05, 0) is 32.6 Å². The maximum absolute atomic E-state index is 9.02. The Balaban J connectivity index is 2.82. The Labute approximate surface area is 101 Å². The second-order valence-corrected chi connectivity index (χ2v) is 4.21. The number of nitrogens with zero attached hydrogens (tertiary/aromatic N) is 3. The van der Waals surface area contributed by atoms with Gasteiger partial charge in [0, 0.05) is 13.1 Å². The molecular formula is C11H15ClN4. The third kappa shape index (κ3) is 3.37. The molecule has 0 fully saturated rings. The lowest BCUT2D eigenvalue weighted by atomic mass is 10.1. The Hall–Kier alpha value is -1.31. The molecule has 1 rings (SSSR count). The van der Waals surface area contributed by atoms with Crippen LogP contribution < -0.4 is 5.32 Å². The summed E-state index contributed by atoms with van der Waals surface area (Å²) >= 11 is 5.85. The fourth-order valence-electron chi connectivity index (χ4n) is 1.30. The van der Waals surface area contributed by atoms with Crippen molar-refractivity contribution in [2.75, 3.05) is 32.5 Å². The highest BCUT2D eigenvalue weighted by atomic mass is 35.5. The summed E-state index contributed by atoms with van der Waals surface area (Å²) in [5, 5.41) is 12.5. The molecule has 4 nitrogen and oxygen atoms in total. The minimum Gasteiger partial charge on any atom is -0.368 e. The Morgan fingerprint density at radius 2 is 2.25 bits per heavy atom. The van der Waals surface area contributed by atoms with Crippen molar-refractivity contribution in [2.24, 2.45) is 0 Å². The van der Waals surface area contributed by atoms with E-state index in [9.17, 15) is 0 Å². The lowest BCUT2D eigenvalue weighted by molar-refractivity contribution is 0.425. The second kappa shape index (κ2) is 5.69. The molecule has 0 spiro atoms. The number of hydrogen-bond acceptors (Lipinski definition) is 4. The van der Waals surface area contributed by atoms with Crippen LogP contribution in [0.3, 0.4) is 0 Å². The van der Waals surface area contributed by atoms with E-state index in [1.165, 1.54) is 0 Å². The highest BCUT2D eigenvalue weighted by Gasteiger charge is 2.08. The lowest BCUT2D eigenvalue weighted by Crippen LogP contribution is -2.21. The number of pyridine rings is 1. The molecule has 0 radical (unpaired) electrons. The van der Waals surface area contributed by atoms with Gasteiger partial charge in [-0.15, -0.1) is 0 Å². The highest BCUT2D eigenvalue weighted by Crippen LogP contribution is 2.20. The first-order valence-corrected chi connectivity index (χ1v) is 5.38. The molecule has 0 bridgehead atoms. The minimum absolute atomic E-state index is 0.406. The highest BCUT2D eigenvalue weighted by molar-refractivity contribution is 6.29. The summed E-state index contributed by atoms with van der Waals surface area (Å²) in [5.74, 6) is 0.564. The van der Waals surface area contributed by atoms with E-state index in [4.69, 9.17) is 16.9 Å². The van der Waals surface area contributed by atoms with E-state index < -0.39 is 0 Å². The van der Waals surface area contributed by atoms with Crippen LogP contribution in [0.1, 0.15) is 11.1 Å². The van der Waals surface area contributed by atoms with E-state index in [1.807, 2.05) is 21.0 Å². The maximum Gasteiger partial charge on any atom is 0.146 e. The summed E-state index contributed by atoms with van der Waals surface area (Å²) < 4.78 is 0. The average Bonchev–Trinajstić information content (AvgIpc) is 2.16. The number of rotatable bonds is 4. The molecule has 1 aromatic heterocycles. The van der Waals surface area contributed by atoms with Gasteiger partial charge in [-0.2, -0.15) is 5.26 Å². The molecule has 0 aromatic carbocycles. The summed E-state index contributed by atoms with van der Waals surface area (Å²) in [6.45, 7) is 3.45. The normalized spacial score (nSPS) is 10.2. The third-order valence-electron chi connectivity index (χ3n) is 2.15. The van der Waals surface area contributed by atoms with Crippen LogP contribution in [0.4, 0.5) is 5.82 Å². The smallest absolute Gasteiger partial charge is 0.146 e. The van der Waals surface area contributed by atoms with E-state index in [0.29, 0.717) is 16.5 Å². The molecule has 86 valence electrons. The molecule has 0 aliphatic heterocycles. The molecule has 0 unspecified atom stereocenters. The largest absolute Gasteiger partial charge is 0.368 e. The predicted molar refractivity (Wildman–Crippen MR) is 65.7 cm³/mol. The number of hydrogen-bond donors (Lipinski definition) is 1. The van der Waals surface area contributed by atoms with Gasteiger partial charge >= 0.3 is 0 Å². The van der Waals surface area contributed by atoms with E-state index in [0.717, 1.165) is 18.7 Å². The van der Waals surface area contributed by atoms with Gasteiger partial charge in [-0.25, -0.2) is 4.98 Å². The quantitative estimate of drug-likeness (QED) is 0.814. The van der Waals surface area contributed by atoms with Crippen molar-refractivity contribution in [1.82, 2.24) is 9.88 Å². The number of aryl methyl sites for hydroxylation is 1. The van der Waals surface area contributed by atoms with Crippen molar-refractivity contribution in [3.63, 3.8) is 0 Å². The van der Waals surface area contributed by atoms with Gasteiger partial charge in [0.05, 0.1) is 5.56 Å². The molecule has 0 aliphatic rings. The first-order valence-electron chi connectivity index (χ1n) is 5.00. The molecule has 0 atom stereocenters. The Morgan fingerprint density at radius 3 is 2.81 bits per heavy atom. The van der Waals surface area contributed by atoms with Crippen LogP contribution in [0.25, 0.3) is 0 Å². The first kappa shape index (κ1) is 12.8. The fraction of sp³-hybridized carbons (Fsp3) is 0.455. The zero-order valence-electron chi connectivity index (χ0n) is 9.71. The SMILES string of the molecule is Cc1cc(Cl)nc(NCCN(C)C)c1C#N. The predicted octanol–water partition coefficient (Wildman–Crippen LogP) is 1.89. The zero-order chi connectivity index (χ0) is 12.1. The van der Waals surface area contributed by atoms with E-state index in [-0.39, 0.29) is 0 Å². The van der Waals surface area contributed by atoms with Gasteiger partial charge in [-0.1, -0.05) is 11.6 Å². The summed E-state index contributed by atoms with van der Waals surface area (Å²) in [6, 6.07) is 3.82. The maximum atomic E-state index is 9.02. The van der Waals surface area contributed by atoms with Gasteiger partial charge in [0.1, 0.15) is 17.0 Å². The van der Waals surface area contributed by atoms with Gasteiger partial charge < -0.3 is 10.2 Å². The number of aromatic nitrogens is 1. The molecule has 5 heteroatoms. The van der Waals surface area contributed by atoms with Crippen molar-refractivity contribution < 1.29 is 0 Å². The first-order chi connectivity index (χ1) is 7.54. The van der Waals surface area contributed by atoms with Crippen molar-refractivity contribution in [1.29, 1.82) is 5.26 Å². The monoisotopic (exact) mass is 238 g/mol. The number of anilines is 1. The van der Waals surface area contributed by atoms with Gasteiger partial charge in [-0.3, -0.25) is 0 Å². The second-order valence-electron chi connectivity index (χ2n) is 3.83. The number of nitriles is 1. The Kier molecular flexibility index (Phi) is 4.53. The molecule has 0 saturated carbocycles. The molecule has 1 aromatic rings.